The van der Waals surface area contributed by atoms with Crippen molar-refractivity contribution in [2.75, 3.05) is 0 Å². The molecule has 4 heteroatoms. The number of hydrogen-bond acceptors (Lipinski definition) is 4. The molecule has 0 spiro atoms. The first-order chi connectivity index (χ1) is 26.7. The molecule has 0 bridgehead atoms. The van der Waals surface area contributed by atoms with Gasteiger partial charge in [-0.2, -0.15) is 0 Å². The van der Waals surface area contributed by atoms with Crippen molar-refractivity contribution < 1.29 is 0 Å². The van der Waals surface area contributed by atoms with Gasteiger partial charge in [0.05, 0.1) is 22.4 Å². The summed E-state index contributed by atoms with van der Waals surface area (Å²) in [6.45, 7) is 4.60. The Morgan fingerprint density at radius 2 is 0.815 bits per heavy atom. The summed E-state index contributed by atoms with van der Waals surface area (Å²) in [6.07, 6.45) is 29.9. The maximum absolute atomic E-state index is 5.56. The molecule has 284 valence electrons. The van der Waals surface area contributed by atoms with E-state index in [1.165, 1.54) is 195 Å². The monoisotopic (exact) mass is 754 g/mol. The molecule has 3 aromatic heterocycles. The van der Waals surface area contributed by atoms with Gasteiger partial charge in [0.15, 0.2) is 0 Å². The van der Waals surface area contributed by atoms with Crippen molar-refractivity contribution >= 4 is 44.5 Å². The van der Waals surface area contributed by atoms with Gasteiger partial charge < -0.3 is 0 Å². The van der Waals surface area contributed by atoms with E-state index in [1.54, 1.807) is 0 Å². The summed E-state index contributed by atoms with van der Waals surface area (Å²) in [6, 6.07) is 22.8. The number of nitrogens with zero attached hydrogens (tertiary/aromatic N) is 2. The van der Waals surface area contributed by atoms with Crippen molar-refractivity contribution in [3.63, 3.8) is 0 Å². The molecule has 6 aromatic rings. The van der Waals surface area contributed by atoms with Gasteiger partial charge in [-0.1, -0.05) is 178 Å². The summed E-state index contributed by atoms with van der Waals surface area (Å²) in [5, 5.41) is 7.33. The molecule has 3 heterocycles. The molecule has 0 saturated carbocycles. The minimum atomic E-state index is 1.03. The van der Waals surface area contributed by atoms with Crippen LogP contribution in [-0.2, 0) is 12.8 Å². The smallest absolute Gasteiger partial charge is 0.0988 e. The van der Waals surface area contributed by atoms with Gasteiger partial charge in [-0.3, -0.25) is 0 Å². The van der Waals surface area contributed by atoms with Crippen LogP contribution < -0.4 is 0 Å². The predicted octanol–water partition coefficient (Wildman–Crippen LogP) is 16.8. The molecule has 0 N–H and O–H groups in total. The fraction of sp³-hybridized carbons (Fsp3) is 0.480. The van der Waals surface area contributed by atoms with Crippen molar-refractivity contribution in [2.45, 2.75) is 155 Å². The minimum absolute atomic E-state index is 1.03. The third kappa shape index (κ3) is 9.54. The molecule has 1 aliphatic carbocycles. The van der Waals surface area contributed by atoms with E-state index in [9.17, 15) is 0 Å². The van der Waals surface area contributed by atoms with Gasteiger partial charge in [0.25, 0.3) is 0 Å². The van der Waals surface area contributed by atoms with Crippen LogP contribution in [0.3, 0.4) is 0 Å². The zero-order valence-corrected chi connectivity index (χ0v) is 34.8. The number of unbranched alkanes of at least 4 members (excludes halogenated alkanes) is 18. The third-order valence-electron chi connectivity index (χ3n) is 11.7. The second-order valence-corrected chi connectivity index (χ2v) is 17.8. The Morgan fingerprint density at radius 1 is 0.426 bits per heavy atom. The Bertz CT molecular complexity index is 1940. The molecule has 0 radical (unpaired) electrons. The lowest BCUT2D eigenvalue weighted by Gasteiger charge is -2.11. The fourth-order valence-electron chi connectivity index (χ4n) is 8.57. The summed E-state index contributed by atoms with van der Waals surface area (Å²) < 4.78 is 0. The first kappa shape index (κ1) is 38.9. The highest BCUT2D eigenvalue weighted by atomic mass is 32.1. The predicted molar refractivity (Wildman–Crippen MR) is 239 cm³/mol. The number of fused-ring (bicyclic) bond motifs is 4. The highest BCUT2D eigenvalue weighted by Gasteiger charge is 2.26. The SMILES string of the molecule is CCCCCCCCCCCCc1csc(-c2ccc(-c3cc(CCCCCCCCCCCC)cs3)c3nc4c(nc23)-c2cccc3cccc-4c23)c1. The molecule has 0 atom stereocenters. The van der Waals surface area contributed by atoms with E-state index in [2.05, 4.69) is 85.3 Å². The molecule has 0 fully saturated rings. The molecule has 54 heavy (non-hydrogen) atoms. The third-order valence-corrected chi connectivity index (χ3v) is 13.7. The zero-order chi connectivity index (χ0) is 37.0. The fourth-order valence-corrected chi connectivity index (χ4v) is 10.5. The molecule has 0 unspecified atom stereocenters. The van der Waals surface area contributed by atoms with Gasteiger partial charge in [0.1, 0.15) is 0 Å². The second-order valence-electron chi connectivity index (χ2n) is 16.0. The molecular formula is C50H62N2S2. The van der Waals surface area contributed by atoms with Crippen LogP contribution >= 0.6 is 22.7 Å². The topological polar surface area (TPSA) is 25.8 Å². The van der Waals surface area contributed by atoms with Crippen LogP contribution in [-0.4, -0.2) is 9.97 Å². The maximum Gasteiger partial charge on any atom is 0.0988 e. The van der Waals surface area contributed by atoms with Crippen LogP contribution in [0, 0.1) is 0 Å². The van der Waals surface area contributed by atoms with Crippen molar-refractivity contribution in [1.29, 1.82) is 0 Å². The van der Waals surface area contributed by atoms with Gasteiger partial charge >= 0.3 is 0 Å². The van der Waals surface area contributed by atoms with Crippen LogP contribution in [0.4, 0.5) is 0 Å². The van der Waals surface area contributed by atoms with Crippen molar-refractivity contribution in [3.05, 3.63) is 82.6 Å². The van der Waals surface area contributed by atoms with E-state index in [-0.39, 0.29) is 0 Å². The van der Waals surface area contributed by atoms with Crippen LogP contribution in [0.2, 0.25) is 0 Å². The molecule has 7 rings (SSSR count). The van der Waals surface area contributed by atoms with Crippen molar-refractivity contribution in [3.8, 4) is 43.4 Å². The molecular weight excluding hydrogens is 693 g/mol. The van der Waals surface area contributed by atoms with Gasteiger partial charge in [0.2, 0.25) is 0 Å². The maximum atomic E-state index is 5.56. The summed E-state index contributed by atoms with van der Waals surface area (Å²) in [5.74, 6) is 0. The second kappa shape index (κ2) is 20.0. The Balaban J connectivity index is 1.06. The summed E-state index contributed by atoms with van der Waals surface area (Å²) in [7, 11) is 0. The standard InChI is InChI=1S/C50H62N2S2/c1-3-5-7-9-11-13-15-17-19-21-25-37-33-44(53-35-37)40-31-32-41(45-34-38(36-54-45)26-22-20-18-16-14-12-10-8-6-4-2)48-47(40)51-49-42-29-23-27-39-28-24-30-43(46(39)42)50(49)52-48/h23-24,27-36H,3-22,25-26H2,1-2H3. The van der Waals surface area contributed by atoms with E-state index in [0.717, 1.165) is 22.4 Å². The van der Waals surface area contributed by atoms with Crippen LogP contribution in [0.25, 0.3) is 65.2 Å². The van der Waals surface area contributed by atoms with E-state index in [0.29, 0.717) is 0 Å². The lowest BCUT2D eigenvalue weighted by molar-refractivity contribution is 0.556. The molecule has 0 amide bonds. The number of aryl methyl sites for hydroxylation is 2. The Morgan fingerprint density at radius 3 is 1.22 bits per heavy atom. The number of thiophene rings is 2. The highest BCUT2D eigenvalue weighted by molar-refractivity contribution is 7.14. The van der Waals surface area contributed by atoms with E-state index in [4.69, 9.17) is 9.97 Å². The van der Waals surface area contributed by atoms with Gasteiger partial charge in [-0.05, 0) is 65.1 Å². The quantitative estimate of drug-likeness (QED) is 0.0574. The van der Waals surface area contributed by atoms with Gasteiger partial charge in [-0.15, -0.1) is 22.7 Å². The number of hydrogen-bond donors (Lipinski definition) is 0. The normalized spacial score (nSPS) is 12.0. The Kier molecular flexibility index (Phi) is 14.4. The molecule has 0 aliphatic heterocycles. The van der Waals surface area contributed by atoms with E-state index >= 15 is 0 Å². The number of benzene rings is 3. The van der Waals surface area contributed by atoms with E-state index < -0.39 is 0 Å². The van der Waals surface area contributed by atoms with Crippen molar-refractivity contribution in [1.82, 2.24) is 9.97 Å². The van der Waals surface area contributed by atoms with E-state index in [1.807, 2.05) is 22.7 Å². The van der Waals surface area contributed by atoms with Crippen LogP contribution in [0.1, 0.15) is 153 Å². The highest BCUT2D eigenvalue weighted by Crippen LogP contribution is 2.48. The average Bonchev–Trinajstić information content (AvgIpc) is 3.95. The Hall–Kier alpha value is -3.34. The zero-order valence-electron chi connectivity index (χ0n) is 33.2. The van der Waals surface area contributed by atoms with Crippen LogP contribution in [0.15, 0.2) is 71.4 Å². The molecule has 1 aliphatic rings. The van der Waals surface area contributed by atoms with Gasteiger partial charge in [-0.25, -0.2) is 9.97 Å². The lowest BCUT2D eigenvalue weighted by Crippen LogP contribution is -1.95. The average molecular weight is 755 g/mol. The Labute approximate surface area is 333 Å². The first-order valence-electron chi connectivity index (χ1n) is 21.8. The summed E-state index contributed by atoms with van der Waals surface area (Å²) in [4.78, 5) is 13.7. The minimum Gasteiger partial charge on any atom is -0.243 e. The van der Waals surface area contributed by atoms with Crippen LogP contribution in [0.5, 0.6) is 0 Å². The first-order valence-corrected chi connectivity index (χ1v) is 23.5. The number of aromatic nitrogens is 2. The molecule has 0 saturated heterocycles. The molecule has 3 aromatic carbocycles. The van der Waals surface area contributed by atoms with Gasteiger partial charge in [0, 0.05) is 37.4 Å². The molecule has 2 nitrogen and oxygen atoms in total. The summed E-state index contributed by atoms with van der Waals surface area (Å²) in [5.41, 5.74) is 11.9. The lowest BCUT2D eigenvalue weighted by atomic mass is 10.0. The number of rotatable bonds is 24. The van der Waals surface area contributed by atoms with Crippen molar-refractivity contribution in [2.24, 2.45) is 0 Å². The largest absolute Gasteiger partial charge is 0.243 e. The summed E-state index contributed by atoms with van der Waals surface area (Å²) >= 11 is 3.75.